The Bertz CT molecular complexity index is 2400. The molecule has 4 nitrogen and oxygen atoms in total. The van der Waals surface area contributed by atoms with Crippen LogP contribution in [-0.4, -0.2) is 14.1 Å². The molecule has 0 bridgehead atoms. The number of aryl methyl sites for hydroxylation is 2. The largest absolute Gasteiger partial charge is 0.307 e. The molecular weight excluding hydrogens is 512 g/mol. The third-order valence-corrected chi connectivity index (χ3v) is 8.30. The molecule has 0 amide bonds. The van der Waals surface area contributed by atoms with Gasteiger partial charge in [0.15, 0.2) is 0 Å². The van der Waals surface area contributed by atoms with Crippen LogP contribution in [0.15, 0.2) is 121 Å². The second-order valence-electron chi connectivity index (χ2n) is 11.0. The minimum atomic E-state index is 0.627. The molecule has 8 rings (SSSR count). The SMILES string of the molecule is Cc1ccc2c(c1)c1ccccc1n2-c1cc(-c2cccc(C#N)c2)c(-n2c3ccccc3c3cc(C)ccc32)cn1. The van der Waals surface area contributed by atoms with Crippen LogP contribution in [0.25, 0.3) is 66.2 Å². The average molecular weight is 539 g/mol. The first kappa shape index (κ1) is 24.2. The predicted octanol–water partition coefficient (Wildman–Crippen LogP) is 9.43. The third kappa shape index (κ3) is 3.57. The van der Waals surface area contributed by atoms with Crippen LogP contribution in [0, 0.1) is 25.2 Å². The van der Waals surface area contributed by atoms with Crippen molar-refractivity contribution in [3.8, 4) is 28.7 Å². The normalized spacial score (nSPS) is 11.5. The highest BCUT2D eigenvalue weighted by Gasteiger charge is 2.19. The zero-order chi connectivity index (χ0) is 28.4. The summed E-state index contributed by atoms with van der Waals surface area (Å²) in [6.45, 7) is 4.26. The molecule has 3 aromatic heterocycles. The van der Waals surface area contributed by atoms with Gasteiger partial charge >= 0.3 is 0 Å². The lowest BCUT2D eigenvalue weighted by Crippen LogP contribution is -2.03. The van der Waals surface area contributed by atoms with E-state index in [1.54, 1.807) is 0 Å². The molecule has 5 aromatic carbocycles. The zero-order valence-electron chi connectivity index (χ0n) is 23.3. The van der Waals surface area contributed by atoms with Crippen LogP contribution < -0.4 is 0 Å². The van der Waals surface area contributed by atoms with Crippen molar-refractivity contribution in [3.63, 3.8) is 0 Å². The lowest BCUT2D eigenvalue weighted by Gasteiger charge is -2.16. The summed E-state index contributed by atoms with van der Waals surface area (Å²) in [7, 11) is 0. The molecule has 42 heavy (non-hydrogen) atoms. The lowest BCUT2D eigenvalue weighted by atomic mass is 10.0. The molecule has 0 spiro atoms. The summed E-state index contributed by atoms with van der Waals surface area (Å²) in [6.07, 6.45) is 1.99. The van der Waals surface area contributed by atoms with Crippen LogP contribution >= 0.6 is 0 Å². The fourth-order valence-corrected chi connectivity index (χ4v) is 6.40. The van der Waals surface area contributed by atoms with Crippen LogP contribution in [0.3, 0.4) is 0 Å². The lowest BCUT2D eigenvalue weighted by molar-refractivity contribution is 1.06. The Morgan fingerprint density at radius 3 is 1.83 bits per heavy atom. The number of benzene rings is 5. The molecule has 0 aliphatic heterocycles. The monoisotopic (exact) mass is 538 g/mol. The molecule has 4 heteroatoms. The van der Waals surface area contributed by atoms with E-state index in [2.05, 4.69) is 126 Å². The molecule has 0 fully saturated rings. The van der Waals surface area contributed by atoms with E-state index >= 15 is 0 Å². The van der Waals surface area contributed by atoms with E-state index in [0.29, 0.717) is 5.56 Å². The fraction of sp³-hybridized carbons (Fsp3) is 0.0526. The molecule has 0 aliphatic carbocycles. The van der Waals surface area contributed by atoms with Crippen molar-refractivity contribution in [2.24, 2.45) is 0 Å². The van der Waals surface area contributed by atoms with Gasteiger partial charge in [-0.25, -0.2) is 4.98 Å². The Balaban J connectivity index is 1.48. The van der Waals surface area contributed by atoms with Gasteiger partial charge < -0.3 is 4.57 Å². The predicted molar refractivity (Wildman–Crippen MR) is 173 cm³/mol. The van der Waals surface area contributed by atoms with Gasteiger partial charge in [-0.3, -0.25) is 4.57 Å². The summed E-state index contributed by atoms with van der Waals surface area (Å²) in [4.78, 5) is 5.14. The average Bonchev–Trinajstić information content (AvgIpc) is 3.53. The van der Waals surface area contributed by atoms with E-state index in [1.807, 2.05) is 24.4 Å². The number of fused-ring (bicyclic) bond motifs is 6. The molecule has 0 radical (unpaired) electrons. The van der Waals surface area contributed by atoms with Gasteiger partial charge in [0.05, 0.1) is 45.6 Å². The summed E-state index contributed by atoms with van der Waals surface area (Å²) in [6, 6.07) is 42.6. The van der Waals surface area contributed by atoms with Crippen molar-refractivity contribution in [2.45, 2.75) is 13.8 Å². The van der Waals surface area contributed by atoms with Crippen molar-refractivity contribution in [2.75, 3.05) is 0 Å². The van der Waals surface area contributed by atoms with Crippen LogP contribution in [-0.2, 0) is 0 Å². The molecule has 0 saturated carbocycles. The Hall–Kier alpha value is -5.66. The van der Waals surface area contributed by atoms with E-state index in [0.717, 1.165) is 44.7 Å². The highest BCUT2D eigenvalue weighted by molar-refractivity contribution is 6.11. The number of hydrogen-bond acceptors (Lipinski definition) is 2. The van der Waals surface area contributed by atoms with Gasteiger partial charge in [-0.05, 0) is 74.0 Å². The standard InChI is InChI=1S/C38H26N4/c1-24-14-16-35-31(18-24)28-10-3-5-12-33(28)41(35)37-23-40-38(21-30(37)27-9-7-8-26(20-27)22-39)42-34-13-6-4-11-29(34)32-19-25(2)15-17-36(32)42/h3-21,23H,1-2H3. The quantitative estimate of drug-likeness (QED) is 0.225. The van der Waals surface area contributed by atoms with Crippen LogP contribution in [0.4, 0.5) is 0 Å². The molecule has 0 unspecified atom stereocenters. The van der Waals surface area contributed by atoms with Gasteiger partial charge in [0.2, 0.25) is 0 Å². The molecular formula is C38H26N4. The van der Waals surface area contributed by atoms with E-state index < -0.39 is 0 Å². The van der Waals surface area contributed by atoms with Crippen molar-refractivity contribution in [3.05, 3.63) is 138 Å². The second kappa shape index (κ2) is 9.19. The Morgan fingerprint density at radius 1 is 0.571 bits per heavy atom. The molecule has 0 saturated heterocycles. The van der Waals surface area contributed by atoms with E-state index in [9.17, 15) is 5.26 Å². The van der Waals surface area contributed by atoms with Crippen LogP contribution in [0.1, 0.15) is 16.7 Å². The first-order valence-electron chi connectivity index (χ1n) is 14.1. The number of rotatable bonds is 3. The van der Waals surface area contributed by atoms with Crippen molar-refractivity contribution < 1.29 is 0 Å². The Labute approximate surface area is 243 Å². The number of nitrogens with zero attached hydrogens (tertiary/aromatic N) is 4. The molecule has 0 aliphatic rings. The highest BCUT2D eigenvalue weighted by Crippen LogP contribution is 2.38. The Kier molecular flexibility index (Phi) is 5.29. The second-order valence-corrected chi connectivity index (χ2v) is 11.0. The van der Waals surface area contributed by atoms with Gasteiger partial charge in [0.25, 0.3) is 0 Å². The van der Waals surface area contributed by atoms with Crippen molar-refractivity contribution in [1.82, 2.24) is 14.1 Å². The first-order chi connectivity index (χ1) is 20.6. The van der Waals surface area contributed by atoms with Gasteiger partial charge in [-0.15, -0.1) is 0 Å². The van der Waals surface area contributed by atoms with Gasteiger partial charge in [-0.2, -0.15) is 5.26 Å². The minimum Gasteiger partial charge on any atom is -0.307 e. The number of pyridine rings is 1. The molecule has 198 valence electrons. The summed E-state index contributed by atoms with van der Waals surface area (Å²) in [5.41, 5.74) is 10.5. The van der Waals surface area contributed by atoms with Gasteiger partial charge in [0.1, 0.15) is 5.82 Å². The summed E-state index contributed by atoms with van der Waals surface area (Å²) in [5, 5.41) is 14.6. The van der Waals surface area contributed by atoms with Crippen molar-refractivity contribution >= 4 is 43.6 Å². The van der Waals surface area contributed by atoms with E-state index in [-0.39, 0.29) is 0 Å². The fourth-order valence-electron chi connectivity index (χ4n) is 6.40. The maximum absolute atomic E-state index is 9.76. The Morgan fingerprint density at radius 2 is 1.17 bits per heavy atom. The summed E-state index contributed by atoms with van der Waals surface area (Å²) >= 11 is 0. The van der Waals surface area contributed by atoms with Crippen molar-refractivity contribution in [1.29, 1.82) is 5.26 Å². The number of para-hydroxylation sites is 2. The number of aromatic nitrogens is 3. The first-order valence-corrected chi connectivity index (χ1v) is 14.1. The molecule has 8 aromatic rings. The highest BCUT2D eigenvalue weighted by atomic mass is 15.1. The topological polar surface area (TPSA) is 46.5 Å². The molecule has 3 heterocycles. The van der Waals surface area contributed by atoms with E-state index in [4.69, 9.17) is 4.98 Å². The van der Waals surface area contributed by atoms with Gasteiger partial charge in [-0.1, -0.05) is 71.8 Å². The summed E-state index contributed by atoms with van der Waals surface area (Å²) < 4.78 is 4.56. The smallest absolute Gasteiger partial charge is 0.138 e. The number of nitriles is 1. The van der Waals surface area contributed by atoms with Gasteiger partial charge in [0, 0.05) is 27.1 Å². The molecule has 0 atom stereocenters. The number of hydrogen-bond donors (Lipinski definition) is 0. The summed E-state index contributed by atoms with van der Waals surface area (Å²) in [5.74, 6) is 0.836. The third-order valence-electron chi connectivity index (χ3n) is 8.30. The minimum absolute atomic E-state index is 0.627. The van der Waals surface area contributed by atoms with E-state index in [1.165, 1.54) is 32.7 Å². The van der Waals surface area contributed by atoms with Crippen LogP contribution in [0.2, 0.25) is 0 Å². The maximum Gasteiger partial charge on any atom is 0.138 e. The zero-order valence-corrected chi connectivity index (χ0v) is 23.3. The van der Waals surface area contributed by atoms with Crippen LogP contribution in [0.5, 0.6) is 0 Å². The molecule has 0 N–H and O–H groups in total. The maximum atomic E-state index is 9.76.